The van der Waals surface area contributed by atoms with Crippen molar-refractivity contribution in [3.8, 4) is 5.75 Å². The Morgan fingerprint density at radius 2 is 1.70 bits per heavy atom. The fourth-order valence-corrected chi connectivity index (χ4v) is 2.08. The summed E-state index contributed by atoms with van der Waals surface area (Å²) >= 11 is 0. The molecular weight excluding hydrogens is 292 g/mol. The van der Waals surface area contributed by atoms with Gasteiger partial charge in [0.25, 0.3) is 0 Å². The van der Waals surface area contributed by atoms with E-state index < -0.39 is 0 Å². The standard InChI is InChI=1S/C18H20N2O3/c1-20(18(22)12-14-6-4-3-5-7-14)13-17(21)19-15-8-10-16(23-2)11-9-15/h3-11H,12-13H2,1-2H3,(H,19,21). The second-order valence-electron chi connectivity index (χ2n) is 5.19. The Bertz CT molecular complexity index is 654. The summed E-state index contributed by atoms with van der Waals surface area (Å²) in [6.45, 7) is 0.0116. The molecule has 0 aliphatic heterocycles. The van der Waals surface area contributed by atoms with E-state index >= 15 is 0 Å². The average molecular weight is 312 g/mol. The van der Waals surface area contributed by atoms with Gasteiger partial charge in [-0.05, 0) is 29.8 Å². The molecule has 120 valence electrons. The summed E-state index contributed by atoms with van der Waals surface area (Å²) in [5.41, 5.74) is 1.60. The molecule has 0 unspecified atom stereocenters. The molecule has 2 aromatic carbocycles. The molecule has 23 heavy (non-hydrogen) atoms. The quantitative estimate of drug-likeness (QED) is 0.890. The van der Waals surface area contributed by atoms with Gasteiger partial charge < -0.3 is 15.0 Å². The van der Waals surface area contributed by atoms with E-state index in [1.54, 1.807) is 38.4 Å². The summed E-state index contributed by atoms with van der Waals surface area (Å²) < 4.78 is 5.06. The Morgan fingerprint density at radius 3 is 2.30 bits per heavy atom. The van der Waals surface area contributed by atoms with Crippen LogP contribution in [0, 0.1) is 0 Å². The van der Waals surface area contributed by atoms with Gasteiger partial charge in [-0.3, -0.25) is 9.59 Å². The van der Waals surface area contributed by atoms with Crippen LogP contribution >= 0.6 is 0 Å². The third-order valence-corrected chi connectivity index (χ3v) is 3.38. The number of benzene rings is 2. The highest BCUT2D eigenvalue weighted by molar-refractivity contribution is 5.94. The number of nitrogens with zero attached hydrogens (tertiary/aromatic N) is 1. The van der Waals surface area contributed by atoms with Crippen molar-refractivity contribution in [2.45, 2.75) is 6.42 Å². The molecule has 5 heteroatoms. The number of ether oxygens (including phenoxy) is 1. The van der Waals surface area contributed by atoms with Crippen LogP contribution in [0.4, 0.5) is 5.69 Å². The summed E-state index contributed by atoms with van der Waals surface area (Å²) in [5, 5.41) is 2.75. The molecule has 0 radical (unpaired) electrons. The molecule has 1 N–H and O–H groups in total. The van der Waals surface area contributed by atoms with Crippen LogP contribution in [0.25, 0.3) is 0 Å². The van der Waals surface area contributed by atoms with Crippen molar-refractivity contribution in [1.82, 2.24) is 4.90 Å². The molecule has 5 nitrogen and oxygen atoms in total. The van der Waals surface area contributed by atoms with Crippen LogP contribution in [0.1, 0.15) is 5.56 Å². The maximum atomic E-state index is 12.1. The summed E-state index contributed by atoms with van der Waals surface area (Å²) in [7, 11) is 3.21. The number of amides is 2. The molecule has 2 rings (SSSR count). The first-order valence-corrected chi connectivity index (χ1v) is 7.30. The van der Waals surface area contributed by atoms with Crippen molar-refractivity contribution in [3.63, 3.8) is 0 Å². The predicted molar refractivity (Wildman–Crippen MR) is 89.4 cm³/mol. The summed E-state index contributed by atoms with van der Waals surface area (Å²) in [6, 6.07) is 16.5. The van der Waals surface area contributed by atoms with E-state index in [0.717, 1.165) is 11.3 Å². The van der Waals surface area contributed by atoms with E-state index in [9.17, 15) is 9.59 Å². The maximum Gasteiger partial charge on any atom is 0.243 e. The molecule has 2 aromatic rings. The normalized spacial score (nSPS) is 10.0. The fourth-order valence-electron chi connectivity index (χ4n) is 2.08. The summed E-state index contributed by atoms with van der Waals surface area (Å²) in [6.07, 6.45) is 0.285. The second-order valence-corrected chi connectivity index (χ2v) is 5.19. The number of likely N-dealkylation sites (N-methyl/N-ethyl adjacent to an activating group) is 1. The second kappa shape index (κ2) is 7.98. The van der Waals surface area contributed by atoms with Crippen LogP contribution in [-0.2, 0) is 16.0 Å². The lowest BCUT2D eigenvalue weighted by molar-refractivity contribution is -0.132. The number of hydrogen-bond acceptors (Lipinski definition) is 3. The van der Waals surface area contributed by atoms with Gasteiger partial charge >= 0.3 is 0 Å². The van der Waals surface area contributed by atoms with Crippen molar-refractivity contribution >= 4 is 17.5 Å². The number of rotatable bonds is 6. The third-order valence-electron chi connectivity index (χ3n) is 3.38. The summed E-state index contributed by atoms with van der Waals surface area (Å²) in [5.74, 6) is 0.387. The van der Waals surface area contributed by atoms with E-state index in [0.29, 0.717) is 5.69 Å². The van der Waals surface area contributed by atoms with E-state index in [-0.39, 0.29) is 24.8 Å². The highest BCUT2D eigenvalue weighted by atomic mass is 16.5. The number of anilines is 1. The molecule has 0 saturated carbocycles. The number of carbonyl (C=O) groups is 2. The van der Waals surface area contributed by atoms with Crippen LogP contribution in [0.2, 0.25) is 0 Å². The molecule has 0 saturated heterocycles. The zero-order valence-corrected chi connectivity index (χ0v) is 13.3. The van der Waals surface area contributed by atoms with Gasteiger partial charge in [0.05, 0.1) is 20.1 Å². The summed E-state index contributed by atoms with van der Waals surface area (Å²) in [4.78, 5) is 25.5. The molecule has 0 atom stereocenters. The molecule has 0 fully saturated rings. The van der Waals surface area contributed by atoms with Crippen molar-refractivity contribution in [2.75, 3.05) is 26.0 Å². The minimum absolute atomic E-state index is 0.0116. The molecule has 2 amide bonds. The first kappa shape index (κ1) is 16.5. The zero-order valence-electron chi connectivity index (χ0n) is 13.3. The van der Waals surface area contributed by atoms with Gasteiger partial charge in [0, 0.05) is 12.7 Å². The van der Waals surface area contributed by atoms with E-state index in [4.69, 9.17) is 4.74 Å². The number of carbonyl (C=O) groups excluding carboxylic acids is 2. The van der Waals surface area contributed by atoms with Gasteiger partial charge in [0.15, 0.2) is 0 Å². The Kier molecular flexibility index (Phi) is 5.74. The minimum atomic E-state index is -0.237. The number of nitrogens with one attached hydrogen (secondary N) is 1. The maximum absolute atomic E-state index is 12.1. The van der Waals surface area contributed by atoms with Gasteiger partial charge in [-0.25, -0.2) is 0 Å². The van der Waals surface area contributed by atoms with Gasteiger partial charge in [0.1, 0.15) is 5.75 Å². The monoisotopic (exact) mass is 312 g/mol. The average Bonchev–Trinajstić information content (AvgIpc) is 2.56. The Hall–Kier alpha value is -2.82. The molecule has 0 spiro atoms. The topological polar surface area (TPSA) is 58.6 Å². The SMILES string of the molecule is COc1ccc(NC(=O)CN(C)C(=O)Cc2ccccc2)cc1. The van der Waals surface area contributed by atoms with Gasteiger partial charge in [-0.1, -0.05) is 30.3 Å². The minimum Gasteiger partial charge on any atom is -0.497 e. The fraction of sp³-hybridized carbons (Fsp3) is 0.222. The van der Waals surface area contributed by atoms with Crippen LogP contribution < -0.4 is 10.1 Å². The lowest BCUT2D eigenvalue weighted by atomic mass is 10.1. The highest BCUT2D eigenvalue weighted by Crippen LogP contribution is 2.14. The first-order valence-electron chi connectivity index (χ1n) is 7.30. The van der Waals surface area contributed by atoms with Crippen molar-refractivity contribution < 1.29 is 14.3 Å². The lowest BCUT2D eigenvalue weighted by Crippen LogP contribution is -2.35. The van der Waals surface area contributed by atoms with Crippen molar-refractivity contribution in [1.29, 1.82) is 0 Å². The highest BCUT2D eigenvalue weighted by Gasteiger charge is 2.13. The van der Waals surface area contributed by atoms with Crippen molar-refractivity contribution in [3.05, 3.63) is 60.2 Å². The molecular formula is C18H20N2O3. The number of hydrogen-bond donors (Lipinski definition) is 1. The Balaban J connectivity index is 1.84. The van der Waals surface area contributed by atoms with E-state index in [1.165, 1.54) is 4.90 Å². The predicted octanol–water partition coefficient (Wildman–Crippen LogP) is 2.33. The largest absolute Gasteiger partial charge is 0.497 e. The number of methoxy groups -OCH3 is 1. The third kappa shape index (κ3) is 5.14. The van der Waals surface area contributed by atoms with Crippen molar-refractivity contribution in [2.24, 2.45) is 0 Å². The lowest BCUT2D eigenvalue weighted by Gasteiger charge is -2.17. The molecule has 0 aliphatic carbocycles. The van der Waals surface area contributed by atoms with Crippen LogP contribution in [0.3, 0.4) is 0 Å². The zero-order chi connectivity index (χ0) is 16.7. The van der Waals surface area contributed by atoms with Crippen LogP contribution in [-0.4, -0.2) is 37.4 Å². The molecule has 0 heterocycles. The van der Waals surface area contributed by atoms with E-state index in [2.05, 4.69) is 5.32 Å². The van der Waals surface area contributed by atoms with Gasteiger partial charge in [-0.2, -0.15) is 0 Å². The molecule has 0 aliphatic rings. The van der Waals surface area contributed by atoms with Gasteiger partial charge in [-0.15, -0.1) is 0 Å². The first-order chi connectivity index (χ1) is 11.1. The van der Waals surface area contributed by atoms with Crippen LogP contribution in [0.15, 0.2) is 54.6 Å². The molecule has 0 bridgehead atoms. The van der Waals surface area contributed by atoms with Gasteiger partial charge in [0.2, 0.25) is 11.8 Å². The molecule has 0 aromatic heterocycles. The Morgan fingerprint density at radius 1 is 1.04 bits per heavy atom. The smallest absolute Gasteiger partial charge is 0.243 e. The van der Waals surface area contributed by atoms with E-state index in [1.807, 2.05) is 30.3 Å². The Labute approximate surface area is 135 Å². The van der Waals surface area contributed by atoms with Crippen LogP contribution in [0.5, 0.6) is 5.75 Å².